The van der Waals surface area contributed by atoms with Crippen LogP contribution in [-0.2, 0) is 21.4 Å². The number of nitrogens with zero attached hydrogens (tertiary/aromatic N) is 1. The van der Waals surface area contributed by atoms with Crippen LogP contribution in [0.15, 0.2) is 41.6 Å². The number of amides is 1. The average Bonchev–Trinajstić information content (AvgIpc) is 3.17. The Labute approximate surface area is 207 Å². The van der Waals surface area contributed by atoms with E-state index >= 15 is 0 Å². The first-order valence-corrected chi connectivity index (χ1v) is 10.7. The number of oxime groups is 1. The van der Waals surface area contributed by atoms with Gasteiger partial charge < -0.3 is 4.84 Å². The molecule has 0 aromatic heterocycles. The van der Waals surface area contributed by atoms with Crippen LogP contribution in [0.5, 0.6) is 0 Å². The quantitative estimate of drug-likeness (QED) is 0.316. The molecule has 2 aliphatic rings. The van der Waals surface area contributed by atoms with Crippen LogP contribution < -0.4 is 10.9 Å². The Hall–Kier alpha value is -2.80. The molecule has 1 aliphatic heterocycles. The Balaban J connectivity index is 1.61. The molecule has 194 valence electrons. The molecule has 2 N–H and O–H groups in total. The SMILES string of the molecule is O=C(NNc1cc(C2=NO[C@](c3cc(Cl)cc(C(F)(F)F)c3)(C(F)(F)F)C2)ccc1Cl)[C@H]1CC1(F)F. The zero-order chi connectivity index (χ0) is 26.7. The van der Waals surface area contributed by atoms with E-state index < -0.39 is 64.7 Å². The second-order valence-corrected chi connectivity index (χ2v) is 9.03. The number of benzene rings is 2. The number of hydrogen-bond acceptors (Lipinski definition) is 4. The summed E-state index contributed by atoms with van der Waals surface area (Å²) >= 11 is 11.7. The lowest BCUT2D eigenvalue weighted by molar-refractivity contribution is -0.276. The summed E-state index contributed by atoms with van der Waals surface area (Å²) in [5.41, 5.74) is -1.56. The summed E-state index contributed by atoms with van der Waals surface area (Å²) in [7, 11) is 0. The van der Waals surface area contributed by atoms with Gasteiger partial charge in [-0.3, -0.25) is 15.6 Å². The van der Waals surface area contributed by atoms with Gasteiger partial charge in [-0.25, -0.2) is 8.78 Å². The molecular formula is C21H13Cl2F8N3O2. The summed E-state index contributed by atoms with van der Waals surface area (Å²) in [6, 6.07) is 5.14. The highest BCUT2D eigenvalue weighted by molar-refractivity contribution is 6.33. The second-order valence-electron chi connectivity index (χ2n) is 8.18. The highest BCUT2D eigenvalue weighted by atomic mass is 35.5. The van der Waals surface area contributed by atoms with Gasteiger partial charge in [-0.2, -0.15) is 26.3 Å². The Morgan fingerprint density at radius 2 is 1.72 bits per heavy atom. The highest BCUT2D eigenvalue weighted by Gasteiger charge is 2.63. The van der Waals surface area contributed by atoms with Crippen molar-refractivity contribution in [2.75, 3.05) is 5.43 Å². The second kappa shape index (κ2) is 8.65. The molecule has 36 heavy (non-hydrogen) atoms. The Bertz CT molecular complexity index is 1250. The van der Waals surface area contributed by atoms with E-state index in [1.54, 1.807) is 0 Å². The standard InChI is InChI=1S/C21H13Cl2F8N3O2/c22-12-5-10(4-11(6-12)20(26,27)28)18(21(29,30)31)8-16(34-36-18)9-1-2-14(23)15(3-9)32-33-17(35)13-7-19(13,24)25/h1-6,13,32H,7-8H2,(H,33,35)/t13-,18-/m1/s1. The van der Waals surface area contributed by atoms with Gasteiger partial charge in [0.05, 0.1) is 22.0 Å². The van der Waals surface area contributed by atoms with E-state index in [-0.39, 0.29) is 28.1 Å². The summed E-state index contributed by atoms with van der Waals surface area (Å²) in [5, 5.41) is 2.85. The normalized spacial score (nSPS) is 23.1. The largest absolute Gasteiger partial charge is 0.435 e. The third kappa shape index (κ3) is 4.90. The Morgan fingerprint density at radius 1 is 1.06 bits per heavy atom. The van der Waals surface area contributed by atoms with Crippen molar-refractivity contribution in [1.29, 1.82) is 0 Å². The highest BCUT2D eigenvalue weighted by Crippen LogP contribution is 2.51. The number of hydrogen-bond donors (Lipinski definition) is 2. The number of rotatable bonds is 5. The first-order valence-electron chi connectivity index (χ1n) is 9.97. The molecule has 1 amide bonds. The minimum Gasteiger partial charge on any atom is -0.374 e. The van der Waals surface area contributed by atoms with E-state index in [9.17, 15) is 39.9 Å². The van der Waals surface area contributed by atoms with Gasteiger partial charge in [-0.1, -0.05) is 34.4 Å². The predicted molar refractivity (Wildman–Crippen MR) is 113 cm³/mol. The maximum Gasteiger partial charge on any atom is 0.435 e. The first kappa shape index (κ1) is 26.3. The number of alkyl halides is 8. The molecule has 0 bridgehead atoms. The fourth-order valence-electron chi connectivity index (χ4n) is 3.56. The molecule has 1 heterocycles. The van der Waals surface area contributed by atoms with Gasteiger partial charge >= 0.3 is 12.4 Å². The maximum absolute atomic E-state index is 14.2. The lowest BCUT2D eigenvalue weighted by Crippen LogP contribution is -2.43. The smallest absolute Gasteiger partial charge is 0.374 e. The molecule has 1 saturated carbocycles. The van der Waals surface area contributed by atoms with Gasteiger partial charge in [0.15, 0.2) is 0 Å². The van der Waals surface area contributed by atoms with Crippen molar-refractivity contribution in [3.8, 4) is 0 Å². The number of carbonyl (C=O) groups is 1. The van der Waals surface area contributed by atoms with Crippen molar-refractivity contribution >= 4 is 40.5 Å². The van der Waals surface area contributed by atoms with Crippen molar-refractivity contribution in [2.45, 2.75) is 36.7 Å². The number of halogens is 10. The van der Waals surface area contributed by atoms with E-state index in [0.717, 1.165) is 0 Å². The summed E-state index contributed by atoms with van der Waals surface area (Å²) in [4.78, 5) is 16.5. The maximum atomic E-state index is 14.2. The van der Waals surface area contributed by atoms with Gasteiger partial charge in [0.1, 0.15) is 5.92 Å². The molecule has 5 nitrogen and oxygen atoms in total. The number of hydrazine groups is 1. The molecule has 2 aromatic carbocycles. The minimum atomic E-state index is -5.21. The number of nitrogens with one attached hydrogen (secondary N) is 2. The van der Waals surface area contributed by atoms with Gasteiger partial charge in [0, 0.05) is 29.0 Å². The van der Waals surface area contributed by atoms with E-state index in [2.05, 4.69) is 10.6 Å². The summed E-state index contributed by atoms with van der Waals surface area (Å²) in [6.07, 6.45) is -11.8. The van der Waals surface area contributed by atoms with E-state index in [1.807, 2.05) is 5.43 Å². The minimum absolute atomic E-state index is 0.0112. The first-order chi connectivity index (χ1) is 16.5. The Morgan fingerprint density at radius 3 is 2.31 bits per heavy atom. The molecular weight excluding hydrogens is 549 g/mol. The lowest BCUT2D eigenvalue weighted by Gasteiger charge is -2.30. The lowest BCUT2D eigenvalue weighted by atomic mass is 9.85. The molecule has 2 aromatic rings. The monoisotopic (exact) mass is 561 g/mol. The summed E-state index contributed by atoms with van der Waals surface area (Å²) < 4.78 is 108. The molecule has 1 aliphatic carbocycles. The summed E-state index contributed by atoms with van der Waals surface area (Å²) in [6.45, 7) is 0. The van der Waals surface area contributed by atoms with Crippen LogP contribution in [0.4, 0.5) is 40.8 Å². The van der Waals surface area contributed by atoms with Gasteiger partial charge in [0.25, 0.3) is 11.5 Å². The molecule has 4 rings (SSSR count). The molecule has 0 unspecified atom stereocenters. The van der Waals surface area contributed by atoms with Crippen LogP contribution in [0.2, 0.25) is 10.0 Å². The molecule has 1 fully saturated rings. The third-order valence-corrected chi connectivity index (χ3v) is 6.19. The molecule has 0 spiro atoms. The van der Waals surface area contributed by atoms with E-state index in [4.69, 9.17) is 28.0 Å². The van der Waals surface area contributed by atoms with Gasteiger partial charge in [-0.15, -0.1) is 0 Å². The van der Waals surface area contributed by atoms with Crippen molar-refractivity contribution in [3.63, 3.8) is 0 Å². The van der Waals surface area contributed by atoms with Crippen molar-refractivity contribution in [3.05, 3.63) is 63.1 Å². The van der Waals surface area contributed by atoms with E-state index in [1.165, 1.54) is 18.2 Å². The Kier molecular flexibility index (Phi) is 6.31. The van der Waals surface area contributed by atoms with Crippen molar-refractivity contribution in [1.82, 2.24) is 5.43 Å². The van der Waals surface area contributed by atoms with Gasteiger partial charge in [0.2, 0.25) is 5.91 Å². The number of carbonyl (C=O) groups excluding carboxylic acids is 1. The van der Waals surface area contributed by atoms with Crippen LogP contribution in [0.25, 0.3) is 0 Å². The van der Waals surface area contributed by atoms with Crippen LogP contribution in [0.1, 0.15) is 29.5 Å². The van der Waals surface area contributed by atoms with Gasteiger partial charge in [-0.05, 0) is 30.3 Å². The zero-order valence-electron chi connectivity index (χ0n) is 17.5. The molecule has 2 atom stereocenters. The third-order valence-electron chi connectivity index (χ3n) is 5.64. The average molecular weight is 562 g/mol. The van der Waals surface area contributed by atoms with E-state index in [0.29, 0.717) is 12.1 Å². The zero-order valence-corrected chi connectivity index (χ0v) is 19.0. The number of anilines is 1. The van der Waals surface area contributed by atoms with Crippen molar-refractivity contribution < 1.29 is 44.8 Å². The van der Waals surface area contributed by atoms with Crippen LogP contribution in [0.3, 0.4) is 0 Å². The molecule has 0 radical (unpaired) electrons. The molecule has 0 saturated heterocycles. The fraction of sp³-hybridized carbons (Fsp3) is 0.333. The van der Waals surface area contributed by atoms with Crippen LogP contribution >= 0.6 is 23.2 Å². The van der Waals surface area contributed by atoms with Crippen LogP contribution in [-0.4, -0.2) is 23.7 Å². The molecule has 15 heteroatoms. The summed E-state index contributed by atoms with van der Waals surface area (Å²) in [5.74, 6) is -5.66. The fourth-order valence-corrected chi connectivity index (χ4v) is 3.96. The topological polar surface area (TPSA) is 62.7 Å². The van der Waals surface area contributed by atoms with Crippen LogP contribution in [0, 0.1) is 5.92 Å². The van der Waals surface area contributed by atoms with Crippen molar-refractivity contribution in [2.24, 2.45) is 11.1 Å². The predicted octanol–water partition coefficient (Wildman–Crippen LogP) is 6.69.